The van der Waals surface area contributed by atoms with Gasteiger partial charge in [-0.05, 0) is 50.1 Å². The lowest BCUT2D eigenvalue weighted by Crippen LogP contribution is -2.30. The number of sulfonamides is 1. The van der Waals surface area contributed by atoms with Gasteiger partial charge in [-0.25, -0.2) is 12.8 Å². The molecule has 2 aromatic rings. The average Bonchev–Trinajstić information content (AvgIpc) is 3.24. The van der Waals surface area contributed by atoms with E-state index in [0.29, 0.717) is 18.8 Å². The molecule has 1 aliphatic rings. The number of benzene rings is 2. The van der Waals surface area contributed by atoms with E-state index in [9.17, 15) is 27.7 Å². The van der Waals surface area contributed by atoms with Gasteiger partial charge in [0.1, 0.15) is 5.82 Å². The number of carbonyl (C=O) groups excluding carboxylic acids is 1. The van der Waals surface area contributed by atoms with E-state index in [1.165, 1.54) is 35.5 Å². The van der Waals surface area contributed by atoms with Gasteiger partial charge in [-0.3, -0.25) is 14.9 Å². The zero-order valence-electron chi connectivity index (χ0n) is 16.1. The zero-order valence-corrected chi connectivity index (χ0v) is 16.9. The van der Waals surface area contributed by atoms with Gasteiger partial charge in [0, 0.05) is 30.9 Å². The van der Waals surface area contributed by atoms with Gasteiger partial charge in [0.15, 0.2) is 6.10 Å². The van der Waals surface area contributed by atoms with Crippen LogP contribution in [0, 0.1) is 15.9 Å². The fraction of sp³-hybridized carbons (Fsp3) is 0.316. The lowest BCUT2D eigenvalue weighted by Gasteiger charge is -2.17. The van der Waals surface area contributed by atoms with Crippen LogP contribution in [0.4, 0.5) is 15.8 Å². The van der Waals surface area contributed by atoms with Crippen LogP contribution in [-0.4, -0.2) is 42.7 Å². The molecule has 0 spiro atoms. The third-order valence-corrected chi connectivity index (χ3v) is 6.53. The second kappa shape index (κ2) is 8.76. The van der Waals surface area contributed by atoms with Crippen molar-refractivity contribution in [2.45, 2.75) is 30.8 Å². The highest BCUT2D eigenvalue weighted by Gasteiger charge is 2.27. The Labute approximate surface area is 172 Å². The molecule has 1 atom stereocenters. The third kappa shape index (κ3) is 4.74. The first kappa shape index (κ1) is 21.7. The van der Waals surface area contributed by atoms with Crippen LogP contribution >= 0.6 is 0 Å². The number of nitro groups is 1. The number of hydrogen-bond acceptors (Lipinski definition) is 6. The molecule has 3 rings (SSSR count). The molecule has 1 N–H and O–H groups in total. The van der Waals surface area contributed by atoms with Crippen molar-refractivity contribution in [2.24, 2.45) is 0 Å². The number of halogens is 1. The lowest BCUT2D eigenvalue weighted by molar-refractivity contribution is -0.386. The smallest absolute Gasteiger partial charge is 0.311 e. The third-order valence-electron chi connectivity index (χ3n) is 4.62. The van der Waals surface area contributed by atoms with Crippen LogP contribution in [0.2, 0.25) is 0 Å². The highest BCUT2D eigenvalue weighted by molar-refractivity contribution is 7.89. The molecule has 0 bridgehead atoms. The Morgan fingerprint density at radius 3 is 2.43 bits per heavy atom. The molecule has 1 heterocycles. The maximum absolute atomic E-state index is 13.4. The monoisotopic (exact) mass is 437 g/mol. The predicted octanol–water partition coefficient (Wildman–Crippen LogP) is 2.92. The number of carbonyl (C=O) groups is 1. The van der Waals surface area contributed by atoms with Crippen LogP contribution in [-0.2, 0) is 14.8 Å². The van der Waals surface area contributed by atoms with Crippen molar-refractivity contribution in [3.63, 3.8) is 0 Å². The van der Waals surface area contributed by atoms with Gasteiger partial charge in [-0.2, -0.15) is 4.31 Å². The number of hydrogen-bond donors (Lipinski definition) is 1. The van der Waals surface area contributed by atoms with Crippen molar-refractivity contribution in [1.29, 1.82) is 0 Å². The predicted molar refractivity (Wildman–Crippen MR) is 106 cm³/mol. The number of nitro benzene ring substituents is 1. The highest BCUT2D eigenvalue weighted by Crippen LogP contribution is 2.28. The van der Waals surface area contributed by atoms with Gasteiger partial charge in [0.05, 0.1) is 9.82 Å². The van der Waals surface area contributed by atoms with Crippen LogP contribution in [0.15, 0.2) is 47.4 Å². The Balaban J connectivity index is 1.67. The van der Waals surface area contributed by atoms with Crippen molar-refractivity contribution in [3.8, 4) is 5.75 Å². The van der Waals surface area contributed by atoms with E-state index in [4.69, 9.17) is 4.74 Å². The second-order valence-electron chi connectivity index (χ2n) is 6.75. The summed E-state index contributed by atoms with van der Waals surface area (Å²) in [7, 11) is -3.56. The van der Waals surface area contributed by atoms with Crippen LogP contribution in [0.25, 0.3) is 0 Å². The Bertz CT molecular complexity index is 1050. The van der Waals surface area contributed by atoms with Crippen LogP contribution in [0.1, 0.15) is 19.8 Å². The molecule has 2 aromatic carbocycles. The van der Waals surface area contributed by atoms with E-state index in [-0.39, 0.29) is 10.6 Å². The summed E-state index contributed by atoms with van der Waals surface area (Å²) in [6.07, 6.45) is 0.488. The molecule has 1 amide bonds. The van der Waals surface area contributed by atoms with E-state index in [0.717, 1.165) is 31.0 Å². The van der Waals surface area contributed by atoms with E-state index in [1.807, 2.05) is 0 Å². The first-order valence-electron chi connectivity index (χ1n) is 9.20. The second-order valence-corrected chi connectivity index (χ2v) is 8.69. The van der Waals surface area contributed by atoms with Gasteiger partial charge < -0.3 is 10.1 Å². The molecule has 0 radical (unpaired) electrons. The van der Waals surface area contributed by atoms with Crippen molar-refractivity contribution in [3.05, 3.63) is 58.4 Å². The van der Waals surface area contributed by atoms with Crippen molar-refractivity contribution in [1.82, 2.24) is 4.31 Å². The van der Waals surface area contributed by atoms with Gasteiger partial charge in [-0.15, -0.1) is 0 Å². The molecule has 1 fully saturated rings. The largest absolute Gasteiger partial charge is 0.474 e. The van der Waals surface area contributed by atoms with Gasteiger partial charge in [0.25, 0.3) is 5.91 Å². The lowest BCUT2D eigenvalue weighted by atomic mass is 10.2. The summed E-state index contributed by atoms with van der Waals surface area (Å²) in [6.45, 7) is 2.33. The molecule has 1 saturated heterocycles. The number of amides is 1. The van der Waals surface area contributed by atoms with Gasteiger partial charge in [0.2, 0.25) is 15.8 Å². The SMILES string of the molecule is C[C@H](Oc1cc(F)ccc1[N+](=O)[O-])C(=O)Nc1ccc(S(=O)(=O)N2CCCC2)cc1. The summed E-state index contributed by atoms with van der Waals surface area (Å²) >= 11 is 0. The van der Waals surface area contributed by atoms with Gasteiger partial charge >= 0.3 is 5.69 Å². The Kier molecular flexibility index (Phi) is 6.32. The van der Waals surface area contributed by atoms with E-state index in [1.54, 1.807) is 0 Å². The molecule has 0 unspecified atom stereocenters. The fourth-order valence-electron chi connectivity index (χ4n) is 3.01. The standard InChI is InChI=1S/C19H20FN3O6S/c1-13(29-18-12-14(20)4-9-17(18)23(25)26)19(24)21-15-5-7-16(8-6-15)30(27,28)22-10-2-3-11-22/h4-9,12-13H,2-3,10-11H2,1H3,(H,21,24)/t13-/m0/s1. The first-order valence-corrected chi connectivity index (χ1v) is 10.6. The summed E-state index contributed by atoms with van der Waals surface area (Å²) < 4.78 is 45.1. The number of nitrogens with one attached hydrogen (secondary N) is 1. The zero-order chi connectivity index (χ0) is 21.9. The summed E-state index contributed by atoms with van der Waals surface area (Å²) in [4.78, 5) is 22.8. The number of rotatable bonds is 7. The minimum atomic E-state index is -3.56. The summed E-state index contributed by atoms with van der Waals surface area (Å²) in [5.41, 5.74) is -0.142. The number of anilines is 1. The number of ether oxygens (including phenoxy) is 1. The molecule has 0 saturated carbocycles. The molecule has 30 heavy (non-hydrogen) atoms. The maximum Gasteiger partial charge on any atom is 0.311 e. The Morgan fingerprint density at radius 1 is 1.20 bits per heavy atom. The van der Waals surface area contributed by atoms with Crippen molar-refractivity contribution in [2.75, 3.05) is 18.4 Å². The van der Waals surface area contributed by atoms with Crippen LogP contribution in [0.3, 0.4) is 0 Å². The van der Waals surface area contributed by atoms with Crippen LogP contribution < -0.4 is 10.1 Å². The molecule has 11 heteroatoms. The quantitative estimate of drug-likeness (QED) is 0.525. The average molecular weight is 437 g/mol. The molecule has 160 valence electrons. The van der Waals surface area contributed by atoms with E-state index >= 15 is 0 Å². The van der Waals surface area contributed by atoms with Gasteiger partial charge in [-0.1, -0.05) is 0 Å². The van der Waals surface area contributed by atoms with Crippen LogP contribution in [0.5, 0.6) is 5.75 Å². The molecule has 0 aliphatic carbocycles. The Morgan fingerprint density at radius 2 is 1.83 bits per heavy atom. The summed E-state index contributed by atoms with van der Waals surface area (Å²) in [5, 5.41) is 13.6. The topological polar surface area (TPSA) is 119 Å². The van der Waals surface area contributed by atoms with Crippen molar-refractivity contribution < 1.29 is 27.3 Å². The molecule has 0 aromatic heterocycles. The Hall–Kier alpha value is -3.05. The normalized spacial score (nSPS) is 15.5. The molecular formula is C19H20FN3O6S. The van der Waals surface area contributed by atoms with Crippen molar-refractivity contribution >= 4 is 27.3 Å². The summed E-state index contributed by atoms with van der Waals surface area (Å²) in [5.74, 6) is -1.74. The molecule has 1 aliphatic heterocycles. The first-order chi connectivity index (χ1) is 14.2. The highest BCUT2D eigenvalue weighted by atomic mass is 32.2. The maximum atomic E-state index is 13.4. The molecular weight excluding hydrogens is 417 g/mol. The van der Waals surface area contributed by atoms with E-state index in [2.05, 4.69) is 5.32 Å². The van der Waals surface area contributed by atoms with E-state index < -0.39 is 38.5 Å². The minimum Gasteiger partial charge on any atom is -0.474 e. The summed E-state index contributed by atoms with van der Waals surface area (Å²) in [6, 6.07) is 8.39. The minimum absolute atomic E-state index is 0.127. The number of nitrogens with zero attached hydrogens (tertiary/aromatic N) is 2. The fourth-order valence-corrected chi connectivity index (χ4v) is 4.53. The molecule has 9 nitrogen and oxygen atoms in total.